The van der Waals surface area contributed by atoms with Gasteiger partial charge in [0.15, 0.2) is 0 Å². The normalized spacial score (nSPS) is 46.9. The standard InChI is InChI=1S/C28H43N3O2/c1-25(32)12-13-26(2)20(14-25)8-9-21-22-6-5-7-24(27(22,3)11-10-23(21)26)28(4,33)18-31-17-19(15-29)16-30-31/h16-17,20-24,32-33H,5-14,18H2,1-4H3/t20-,21+,22+,23+,24+,25-,26+,27+,28?/m1/s1. The lowest BCUT2D eigenvalue weighted by Gasteiger charge is -2.65. The maximum Gasteiger partial charge on any atom is 0.102 e. The third-order valence-corrected chi connectivity index (χ3v) is 11.2. The van der Waals surface area contributed by atoms with Gasteiger partial charge in [-0.2, -0.15) is 10.4 Å². The maximum absolute atomic E-state index is 11.8. The Hall–Kier alpha value is -1.38. The SMILES string of the molecule is CC(O)(Cn1cc(C#N)cn1)[C@H]1CCC[C@H]2[C@@H]3CC[C@@H]4C[C@](C)(O)CC[C@]4(C)[C@H]3CC[C@]12C. The summed E-state index contributed by atoms with van der Waals surface area (Å²) >= 11 is 0. The zero-order valence-corrected chi connectivity index (χ0v) is 21.1. The number of fused-ring (bicyclic) bond motifs is 5. The molecule has 1 unspecified atom stereocenters. The second kappa shape index (κ2) is 7.82. The van der Waals surface area contributed by atoms with E-state index in [1.54, 1.807) is 17.1 Å². The second-order valence-corrected chi connectivity index (χ2v) is 13.3. The van der Waals surface area contributed by atoms with Gasteiger partial charge in [-0.25, -0.2) is 0 Å². The van der Waals surface area contributed by atoms with E-state index in [9.17, 15) is 10.2 Å². The molecule has 1 aromatic rings. The lowest BCUT2D eigenvalue weighted by molar-refractivity contribution is -0.190. The highest BCUT2D eigenvalue weighted by molar-refractivity contribution is 5.21. The molecular weight excluding hydrogens is 410 g/mol. The molecule has 0 amide bonds. The highest BCUT2D eigenvalue weighted by atomic mass is 16.3. The lowest BCUT2D eigenvalue weighted by Crippen LogP contribution is -2.60. The fraction of sp³-hybridized carbons (Fsp3) is 0.857. The summed E-state index contributed by atoms with van der Waals surface area (Å²) in [5, 5.41) is 36.1. The van der Waals surface area contributed by atoms with E-state index in [-0.39, 0.29) is 11.3 Å². The van der Waals surface area contributed by atoms with Gasteiger partial charge in [-0.05, 0) is 112 Å². The summed E-state index contributed by atoms with van der Waals surface area (Å²) in [6, 6.07) is 2.15. The van der Waals surface area contributed by atoms with Gasteiger partial charge in [-0.1, -0.05) is 20.3 Å². The van der Waals surface area contributed by atoms with Crippen LogP contribution in [0.2, 0.25) is 0 Å². The average molecular weight is 454 g/mol. The van der Waals surface area contributed by atoms with E-state index >= 15 is 0 Å². The lowest BCUT2D eigenvalue weighted by atomic mass is 9.40. The Bertz CT molecular complexity index is 930. The Balaban J connectivity index is 1.39. The number of hydrogen-bond donors (Lipinski definition) is 2. The molecule has 5 heteroatoms. The van der Waals surface area contributed by atoms with Crippen LogP contribution in [-0.4, -0.2) is 31.2 Å². The number of hydrogen-bond acceptors (Lipinski definition) is 4. The number of aromatic nitrogens is 2. The first-order valence-corrected chi connectivity index (χ1v) is 13.4. The van der Waals surface area contributed by atoms with E-state index in [0.717, 1.165) is 37.5 Å². The molecule has 2 N–H and O–H groups in total. The average Bonchev–Trinajstić information content (AvgIpc) is 3.19. The summed E-state index contributed by atoms with van der Waals surface area (Å²) < 4.78 is 1.76. The van der Waals surface area contributed by atoms with Crippen LogP contribution in [0.4, 0.5) is 0 Å². The van der Waals surface area contributed by atoms with Gasteiger partial charge in [0, 0.05) is 6.20 Å². The smallest absolute Gasteiger partial charge is 0.102 e. The summed E-state index contributed by atoms with van der Waals surface area (Å²) in [6.45, 7) is 9.53. The summed E-state index contributed by atoms with van der Waals surface area (Å²) in [4.78, 5) is 0. The van der Waals surface area contributed by atoms with Crippen molar-refractivity contribution in [1.82, 2.24) is 9.78 Å². The number of rotatable bonds is 3. The van der Waals surface area contributed by atoms with Gasteiger partial charge in [0.2, 0.25) is 0 Å². The largest absolute Gasteiger partial charge is 0.390 e. The van der Waals surface area contributed by atoms with Gasteiger partial charge < -0.3 is 10.2 Å². The van der Waals surface area contributed by atoms with Crippen LogP contribution in [0.3, 0.4) is 0 Å². The Morgan fingerprint density at radius 1 is 1.09 bits per heavy atom. The monoisotopic (exact) mass is 453 g/mol. The minimum atomic E-state index is -0.844. The summed E-state index contributed by atoms with van der Waals surface area (Å²) in [6.07, 6.45) is 15.0. The highest BCUT2D eigenvalue weighted by Crippen LogP contribution is 2.68. The Morgan fingerprint density at radius 3 is 2.58 bits per heavy atom. The first-order valence-electron chi connectivity index (χ1n) is 13.4. The third kappa shape index (κ3) is 3.76. The van der Waals surface area contributed by atoms with Gasteiger partial charge >= 0.3 is 0 Å². The van der Waals surface area contributed by atoms with Crippen molar-refractivity contribution in [3.63, 3.8) is 0 Å². The molecule has 33 heavy (non-hydrogen) atoms. The van der Waals surface area contributed by atoms with Gasteiger partial charge in [0.25, 0.3) is 0 Å². The molecule has 0 saturated heterocycles. The summed E-state index contributed by atoms with van der Waals surface area (Å²) in [5.74, 6) is 3.09. The van der Waals surface area contributed by atoms with Crippen LogP contribution in [0.15, 0.2) is 12.4 Å². The second-order valence-electron chi connectivity index (χ2n) is 13.3. The molecule has 0 aromatic carbocycles. The van der Waals surface area contributed by atoms with E-state index in [0.29, 0.717) is 29.4 Å². The minimum Gasteiger partial charge on any atom is -0.390 e. The number of aliphatic hydroxyl groups is 2. The van der Waals surface area contributed by atoms with Gasteiger partial charge in [-0.15, -0.1) is 0 Å². The fourth-order valence-electron chi connectivity index (χ4n) is 9.59. The van der Waals surface area contributed by atoms with Crippen molar-refractivity contribution in [1.29, 1.82) is 5.26 Å². The molecule has 4 saturated carbocycles. The molecule has 1 aromatic heterocycles. The highest BCUT2D eigenvalue weighted by Gasteiger charge is 2.61. The molecule has 0 spiro atoms. The van der Waals surface area contributed by atoms with E-state index in [1.165, 1.54) is 38.5 Å². The molecule has 9 atom stereocenters. The first kappa shape index (κ1) is 23.4. The van der Waals surface area contributed by atoms with E-state index in [1.807, 2.05) is 13.8 Å². The minimum absolute atomic E-state index is 0.150. The molecule has 0 radical (unpaired) electrons. The van der Waals surface area contributed by atoms with Crippen molar-refractivity contribution >= 4 is 0 Å². The predicted octanol–water partition coefficient (Wildman–Crippen LogP) is 5.31. The molecule has 5 nitrogen and oxygen atoms in total. The Morgan fingerprint density at radius 2 is 1.85 bits per heavy atom. The first-order chi connectivity index (χ1) is 15.5. The van der Waals surface area contributed by atoms with E-state index < -0.39 is 11.2 Å². The van der Waals surface area contributed by atoms with Crippen LogP contribution in [0.5, 0.6) is 0 Å². The van der Waals surface area contributed by atoms with Gasteiger partial charge in [-0.3, -0.25) is 4.68 Å². The zero-order chi connectivity index (χ0) is 23.6. The zero-order valence-electron chi connectivity index (χ0n) is 21.1. The topological polar surface area (TPSA) is 82.1 Å². The predicted molar refractivity (Wildman–Crippen MR) is 128 cm³/mol. The van der Waals surface area contributed by atoms with Crippen molar-refractivity contribution in [2.24, 2.45) is 40.4 Å². The van der Waals surface area contributed by atoms with Crippen LogP contribution in [0, 0.1) is 51.8 Å². The molecule has 4 aliphatic carbocycles. The Kier molecular flexibility index (Phi) is 5.54. The van der Waals surface area contributed by atoms with Gasteiger partial charge in [0.05, 0.1) is 29.5 Å². The van der Waals surface area contributed by atoms with Crippen LogP contribution in [0.1, 0.15) is 97.5 Å². The van der Waals surface area contributed by atoms with Crippen LogP contribution in [0.25, 0.3) is 0 Å². The van der Waals surface area contributed by atoms with Crippen molar-refractivity contribution in [3.8, 4) is 6.07 Å². The number of nitrogens with zero attached hydrogens (tertiary/aromatic N) is 3. The molecule has 0 bridgehead atoms. The van der Waals surface area contributed by atoms with Crippen molar-refractivity contribution in [2.45, 2.75) is 110 Å². The third-order valence-electron chi connectivity index (χ3n) is 11.2. The number of nitriles is 1. The molecule has 0 aliphatic heterocycles. The van der Waals surface area contributed by atoms with E-state index in [2.05, 4.69) is 25.0 Å². The van der Waals surface area contributed by atoms with Crippen LogP contribution < -0.4 is 0 Å². The van der Waals surface area contributed by atoms with E-state index in [4.69, 9.17) is 5.26 Å². The quantitative estimate of drug-likeness (QED) is 0.650. The van der Waals surface area contributed by atoms with Crippen LogP contribution in [-0.2, 0) is 6.54 Å². The molecule has 5 rings (SSSR count). The summed E-state index contributed by atoms with van der Waals surface area (Å²) in [5.41, 5.74) is -0.256. The molecule has 4 aliphatic rings. The van der Waals surface area contributed by atoms with Gasteiger partial charge in [0.1, 0.15) is 6.07 Å². The maximum atomic E-state index is 11.8. The molecular formula is C28H43N3O2. The van der Waals surface area contributed by atoms with Crippen LogP contribution >= 0.6 is 0 Å². The van der Waals surface area contributed by atoms with Crippen molar-refractivity contribution in [2.75, 3.05) is 0 Å². The van der Waals surface area contributed by atoms with Crippen molar-refractivity contribution in [3.05, 3.63) is 18.0 Å². The summed E-state index contributed by atoms with van der Waals surface area (Å²) in [7, 11) is 0. The molecule has 1 heterocycles. The Labute approximate surface area is 199 Å². The fourth-order valence-corrected chi connectivity index (χ4v) is 9.59. The molecule has 182 valence electrons. The molecule has 4 fully saturated rings. The van der Waals surface area contributed by atoms with Crippen molar-refractivity contribution < 1.29 is 10.2 Å².